The van der Waals surface area contributed by atoms with Crippen molar-refractivity contribution in [2.75, 3.05) is 13.6 Å². The molecule has 1 aliphatic rings. The van der Waals surface area contributed by atoms with E-state index >= 15 is 0 Å². The fourth-order valence-corrected chi connectivity index (χ4v) is 1.32. The van der Waals surface area contributed by atoms with Crippen LogP contribution in [0.15, 0.2) is 0 Å². The van der Waals surface area contributed by atoms with Gasteiger partial charge in [-0.15, -0.1) is 0 Å². The molecule has 1 unspecified atom stereocenters. The smallest absolute Gasteiger partial charge is 0.306 e. The number of ether oxygens (including phenoxy) is 1. The lowest BCUT2D eigenvalue weighted by atomic mass is 10.3. The summed E-state index contributed by atoms with van der Waals surface area (Å²) in [5, 5.41) is 0. The molecule has 0 bridgehead atoms. The molecule has 1 aliphatic heterocycles. The van der Waals surface area contributed by atoms with Gasteiger partial charge in [0.15, 0.2) is 6.10 Å². The van der Waals surface area contributed by atoms with Gasteiger partial charge in [-0.1, -0.05) is 6.92 Å². The molecule has 1 rings (SSSR count). The summed E-state index contributed by atoms with van der Waals surface area (Å²) in [7, 11) is 1.72. The van der Waals surface area contributed by atoms with Crippen LogP contribution in [0.2, 0.25) is 0 Å². The first-order valence-electron chi connectivity index (χ1n) is 4.59. The third kappa shape index (κ3) is 2.44. The minimum atomic E-state index is -0.524. The highest BCUT2D eigenvalue weighted by atomic mass is 16.5. The molecule has 0 N–H and O–H groups in total. The summed E-state index contributed by atoms with van der Waals surface area (Å²) in [5.74, 6) is -0.347. The van der Waals surface area contributed by atoms with Crippen LogP contribution in [-0.2, 0) is 14.3 Å². The van der Waals surface area contributed by atoms with Gasteiger partial charge in [0.25, 0.3) is 5.91 Å². The van der Waals surface area contributed by atoms with Crippen LogP contribution in [0.1, 0.15) is 26.2 Å². The number of likely N-dealkylation sites (N-methyl/N-ethyl adjacent to an activating group) is 1. The second-order valence-electron chi connectivity index (χ2n) is 3.28. The standard InChI is InChI=1S/C9H15NO3/c1-3-4-8(11)13-7-5-6-10(2)9(7)12/h7H,3-6H2,1-2H3. The van der Waals surface area contributed by atoms with Crippen LogP contribution in [-0.4, -0.2) is 36.5 Å². The molecule has 74 valence electrons. The minimum Gasteiger partial charge on any atom is -0.452 e. The van der Waals surface area contributed by atoms with Crippen molar-refractivity contribution in [1.82, 2.24) is 4.90 Å². The van der Waals surface area contributed by atoms with E-state index in [9.17, 15) is 9.59 Å². The number of amides is 1. The summed E-state index contributed by atoms with van der Waals surface area (Å²) in [4.78, 5) is 23.9. The van der Waals surface area contributed by atoms with Crippen molar-refractivity contribution >= 4 is 11.9 Å². The van der Waals surface area contributed by atoms with Crippen molar-refractivity contribution < 1.29 is 14.3 Å². The number of carbonyl (C=O) groups excluding carboxylic acids is 2. The molecule has 4 nitrogen and oxygen atoms in total. The van der Waals surface area contributed by atoms with Crippen LogP contribution in [0.5, 0.6) is 0 Å². The highest BCUT2D eigenvalue weighted by molar-refractivity contribution is 5.85. The predicted octanol–water partition coefficient (Wildman–Crippen LogP) is 0.560. The molecule has 0 aromatic heterocycles. The van der Waals surface area contributed by atoms with E-state index in [1.807, 2.05) is 6.92 Å². The van der Waals surface area contributed by atoms with Gasteiger partial charge in [-0.2, -0.15) is 0 Å². The van der Waals surface area contributed by atoms with Gasteiger partial charge in [0.2, 0.25) is 0 Å². The van der Waals surface area contributed by atoms with E-state index in [-0.39, 0.29) is 11.9 Å². The number of nitrogens with zero attached hydrogens (tertiary/aromatic N) is 1. The quantitative estimate of drug-likeness (QED) is 0.603. The van der Waals surface area contributed by atoms with Gasteiger partial charge in [-0.3, -0.25) is 9.59 Å². The zero-order chi connectivity index (χ0) is 9.84. The van der Waals surface area contributed by atoms with E-state index in [0.717, 1.165) is 6.42 Å². The maximum Gasteiger partial charge on any atom is 0.306 e. The molecule has 0 aliphatic carbocycles. The second-order valence-corrected chi connectivity index (χ2v) is 3.28. The normalized spacial score (nSPS) is 22.2. The summed E-state index contributed by atoms with van der Waals surface area (Å²) in [6, 6.07) is 0. The molecule has 1 amide bonds. The number of rotatable bonds is 3. The topological polar surface area (TPSA) is 46.6 Å². The Morgan fingerprint density at radius 3 is 2.85 bits per heavy atom. The number of carbonyl (C=O) groups is 2. The Kier molecular flexibility index (Phi) is 3.28. The first-order chi connectivity index (χ1) is 6.15. The molecule has 1 fully saturated rings. The van der Waals surface area contributed by atoms with Crippen molar-refractivity contribution in [3.63, 3.8) is 0 Å². The molecule has 0 spiro atoms. The summed E-state index contributed by atoms with van der Waals surface area (Å²) < 4.78 is 5.00. The van der Waals surface area contributed by atoms with Crippen molar-refractivity contribution in [2.24, 2.45) is 0 Å². The molecule has 1 atom stereocenters. The second kappa shape index (κ2) is 4.25. The highest BCUT2D eigenvalue weighted by Gasteiger charge is 2.31. The van der Waals surface area contributed by atoms with Gasteiger partial charge in [-0.25, -0.2) is 0 Å². The Morgan fingerprint density at radius 2 is 2.38 bits per heavy atom. The Balaban J connectivity index is 2.38. The molecule has 0 saturated carbocycles. The summed E-state index contributed by atoms with van der Waals surface area (Å²) in [5.41, 5.74) is 0. The molecule has 0 aromatic rings. The van der Waals surface area contributed by atoms with E-state index < -0.39 is 6.10 Å². The first-order valence-corrected chi connectivity index (χ1v) is 4.59. The Bertz CT molecular complexity index is 215. The van der Waals surface area contributed by atoms with Gasteiger partial charge in [0.1, 0.15) is 0 Å². The number of esters is 1. The van der Waals surface area contributed by atoms with Gasteiger partial charge in [0.05, 0.1) is 0 Å². The largest absolute Gasteiger partial charge is 0.452 e. The van der Waals surface area contributed by atoms with E-state index in [1.165, 1.54) is 0 Å². The Labute approximate surface area is 77.8 Å². The molecule has 4 heteroatoms. The van der Waals surface area contributed by atoms with E-state index in [2.05, 4.69) is 0 Å². The van der Waals surface area contributed by atoms with Crippen molar-refractivity contribution in [3.05, 3.63) is 0 Å². The lowest BCUT2D eigenvalue weighted by Gasteiger charge is -2.10. The average Bonchev–Trinajstić information content (AvgIpc) is 2.37. The molecular formula is C9H15NO3. The lowest BCUT2D eigenvalue weighted by Crippen LogP contribution is -2.29. The van der Waals surface area contributed by atoms with Gasteiger partial charge >= 0.3 is 5.97 Å². The molecule has 0 radical (unpaired) electrons. The van der Waals surface area contributed by atoms with Crippen LogP contribution in [0.3, 0.4) is 0 Å². The minimum absolute atomic E-state index is 0.0792. The van der Waals surface area contributed by atoms with Gasteiger partial charge < -0.3 is 9.64 Å². The van der Waals surface area contributed by atoms with E-state index in [0.29, 0.717) is 19.4 Å². The molecule has 1 heterocycles. The summed E-state index contributed by atoms with van der Waals surface area (Å²) >= 11 is 0. The van der Waals surface area contributed by atoms with Gasteiger partial charge in [-0.05, 0) is 6.42 Å². The maximum atomic E-state index is 11.3. The molecule has 13 heavy (non-hydrogen) atoms. The van der Waals surface area contributed by atoms with E-state index in [1.54, 1.807) is 11.9 Å². The fourth-order valence-electron chi connectivity index (χ4n) is 1.32. The van der Waals surface area contributed by atoms with Crippen LogP contribution in [0, 0.1) is 0 Å². The summed E-state index contributed by atoms with van der Waals surface area (Å²) in [6.07, 6.45) is 1.26. The van der Waals surface area contributed by atoms with Crippen LogP contribution in [0.25, 0.3) is 0 Å². The monoisotopic (exact) mass is 185 g/mol. The average molecular weight is 185 g/mol. The van der Waals surface area contributed by atoms with Crippen molar-refractivity contribution in [3.8, 4) is 0 Å². The predicted molar refractivity (Wildman–Crippen MR) is 47.0 cm³/mol. The third-order valence-electron chi connectivity index (χ3n) is 2.11. The highest BCUT2D eigenvalue weighted by Crippen LogP contribution is 2.13. The molecule has 1 saturated heterocycles. The Morgan fingerprint density at radius 1 is 1.69 bits per heavy atom. The van der Waals surface area contributed by atoms with Crippen LogP contribution >= 0.6 is 0 Å². The van der Waals surface area contributed by atoms with Crippen molar-refractivity contribution in [1.29, 1.82) is 0 Å². The van der Waals surface area contributed by atoms with E-state index in [4.69, 9.17) is 4.74 Å². The molecular weight excluding hydrogens is 170 g/mol. The first kappa shape index (κ1) is 10.0. The zero-order valence-electron chi connectivity index (χ0n) is 8.08. The SMILES string of the molecule is CCCC(=O)OC1CCN(C)C1=O. The summed E-state index contributed by atoms with van der Waals surface area (Å²) in [6.45, 7) is 2.59. The lowest BCUT2D eigenvalue weighted by molar-refractivity contribution is -0.155. The maximum absolute atomic E-state index is 11.3. The van der Waals surface area contributed by atoms with Crippen LogP contribution < -0.4 is 0 Å². The molecule has 0 aromatic carbocycles. The number of likely N-dealkylation sites (tertiary alicyclic amines) is 1. The Hall–Kier alpha value is -1.06. The zero-order valence-corrected chi connectivity index (χ0v) is 8.08. The fraction of sp³-hybridized carbons (Fsp3) is 0.778. The van der Waals surface area contributed by atoms with Gasteiger partial charge in [0, 0.05) is 26.4 Å². The van der Waals surface area contributed by atoms with Crippen LogP contribution in [0.4, 0.5) is 0 Å². The van der Waals surface area contributed by atoms with Crippen molar-refractivity contribution in [2.45, 2.75) is 32.3 Å². The third-order valence-corrected chi connectivity index (χ3v) is 2.11. The number of hydrogen-bond donors (Lipinski definition) is 0. The number of hydrogen-bond acceptors (Lipinski definition) is 3.